The van der Waals surface area contributed by atoms with Crippen molar-refractivity contribution in [1.82, 2.24) is 29.3 Å². The summed E-state index contributed by atoms with van der Waals surface area (Å²) in [6.45, 7) is 1.66. The van der Waals surface area contributed by atoms with Gasteiger partial charge >= 0.3 is 0 Å². The highest BCUT2D eigenvalue weighted by molar-refractivity contribution is 5.98. The second kappa shape index (κ2) is 10.0. The van der Waals surface area contributed by atoms with Crippen molar-refractivity contribution in [2.24, 2.45) is 14.1 Å². The maximum Gasteiger partial charge on any atom is 0.282 e. The Balaban J connectivity index is 1.28. The summed E-state index contributed by atoms with van der Waals surface area (Å²) in [5, 5.41) is 11.9. The molecule has 0 aliphatic rings. The summed E-state index contributed by atoms with van der Waals surface area (Å²) >= 11 is 0. The average molecular weight is 555 g/mol. The smallest absolute Gasteiger partial charge is 0.282 e. The third kappa shape index (κ3) is 4.61. The summed E-state index contributed by atoms with van der Waals surface area (Å²) in [5.41, 5.74) is 3.05. The maximum atomic E-state index is 15.3. The number of benzene rings is 3. The van der Waals surface area contributed by atoms with Crippen LogP contribution in [0.2, 0.25) is 0 Å². The van der Waals surface area contributed by atoms with Gasteiger partial charge in [-0.2, -0.15) is 10.2 Å². The average Bonchev–Trinajstić information content (AvgIpc) is 3.65. The van der Waals surface area contributed by atoms with E-state index in [1.165, 1.54) is 45.8 Å². The summed E-state index contributed by atoms with van der Waals surface area (Å²) in [6, 6.07) is 13.4. The van der Waals surface area contributed by atoms with Crippen LogP contribution in [0.15, 0.2) is 78.0 Å². The second-order valence-electron chi connectivity index (χ2n) is 9.71. The van der Waals surface area contributed by atoms with E-state index in [0.717, 1.165) is 16.5 Å². The summed E-state index contributed by atoms with van der Waals surface area (Å²) < 4.78 is 39.3. The summed E-state index contributed by atoms with van der Waals surface area (Å²) in [5.74, 6) is -1.16. The van der Waals surface area contributed by atoms with Gasteiger partial charge in [0.2, 0.25) is 0 Å². The molecule has 0 saturated heterocycles. The zero-order valence-electron chi connectivity index (χ0n) is 22.4. The minimum absolute atomic E-state index is 0.00733. The van der Waals surface area contributed by atoms with Gasteiger partial charge in [-0.05, 0) is 61.0 Å². The van der Waals surface area contributed by atoms with Crippen LogP contribution in [0.4, 0.5) is 8.78 Å². The summed E-state index contributed by atoms with van der Waals surface area (Å²) in [6.07, 6.45) is 4.86. The van der Waals surface area contributed by atoms with E-state index in [-0.39, 0.29) is 17.7 Å². The lowest BCUT2D eigenvalue weighted by Gasteiger charge is -2.12. The lowest BCUT2D eigenvalue weighted by atomic mass is 10.0. The van der Waals surface area contributed by atoms with E-state index < -0.39 is 23.0 Å². The molecule has 41 heavy (non-hydrogen) atoms. The number of carbonyl (C=O) groups is 1. The first-order valence-electron chi connectivity index (χ1n) is 12.7. The van der Waals surface area contributed by atoms with Crippen molar-refractivity contribution in [1.29, 1.82) is 0 Å². The Morgan fingerprint density at radius 2 is 1.78 bits per heavy atom. The fourth-order valence-electron chi connectivity index (χ4n) is 4.92. The molecule has 3 aromatic carbocycles. The minimum Gasteiger partial charge on any atom is -0.454 e. The third-order valence-electron chi connectivity index (χ3n) is 7.14. The number of aromatic amines is 1. The second-order valence-corrected chi connectivity index (χ2v) is 9.71. The van der Waals surface area contributed by atoms with Gasteiger partial charge in [-0.1, -0.05) is 6.07 Å². The first-order chi connectivity index (χ1) is 19.7. The van der Waals surface area contributed by atoms with E-state index >= 15 is 4.39 Å². The highest BCUT2D eigenvalue weighted by Crippen LogP contribution is 2.37. The van der Waals surface area contributed by atoms with Crippen LogP contribution in [-0.2, 0) is 20.5 Å². The third-order valence-corrected chi connectivity index (χ3v) is 7.14. The van der Waals surface area contributed by atoms with Crippen molar-refractivity contribution in [3.05, 3.63) is 112 Å². The largest absolute Gasteiger partial charge is 0.454 e. The molecule has 0 aliphatic carbocycles. The number of rotatable bonds is 7. The van der Waals surface area contributed by atoms with E-state index in [4.69, 9.17) is 4.74 Å². The molecule has 9 nitrogen and oxygen atoms in total. The number of carbonyl (C=O) groups excluding carboxylic acids is 1. The van der Waals surface area contributed by atoms with Crippen molar-refractivity contribution in [3.8, 4) is 28.3 Å². The Hall–Kier alpha value is -5.32. The molecular weight excluding hydrogens is 530 g/mol. The van der Waals surface area contributed by atoms with Crippen molar-refractivity contribution in [2.45, 2.75) is 13.3 Å². The molecule has 3 aromatic heterocycles. The van der Waals surface area contributed by atoms with Crippen LogP contribution in [0, 0.1) is 18.6 Å². The Morgan fingerprint density at radius 1 is 1.00 bits per heavy atom. The molecule has 0 bridgehead atoms. The van der Waals surface area contributed by atoms with Gasteiger partial charge in [0.25, 0.3) is 5.56 Å². The number of ether oxygens (including phenoxy) is 1. The maximum absolute atomic E-state index is 15.3. The number of nitrogens with one attached hydrogen (secondary N) is 1. The van der Waals surface area contributed by atoms with E-state index in [9.17, 15) is 14.0 Å². The van der Waals surface area contributed by atoms with Gasteiger partial charge in [-0.15, -0.1) is 0 Å². The topological polar surface area (TPSA) is 99.7 Å². The first-order valence-corrected chi connectivity index (χ1v) is 12.7. The predicted octanol–water partition coefficient (Wildman–Crippen LogP) is 5.26. The van der Waals surface area contributed by atoms with E-state index in [1.807, 2.05) is 13.1 Å². The fraction of sp³-hybridized carbons (Fsp3) is 0.133. The number of hydrogen-bond acceptors (Lipinski definition) is 5. The quantitative estimate of drug-likeness (QED) is 0.272. The summed E-state index contributed by atoms with van der Waals surface area (Å²) in [7, 11) is 3.47. The van der Waals surface area contributed by atoms with Gasteiger partial charge in [0.05, 0.1) is 23.6 Å². The molecule has 3 heterocycles. The zero-order valence-corrected chi connectivity index (χ0v) is 22.4. The van der Waals surface area contributed by atoms with Crippen LogP contribution in [0.3, 0.4) is 0 Å². The molecule has 0 saturated carbocycles. The van der Waals surface area contributed by atoms with Crippen molar-refractivity contribution >= 4 is 16.7 Å². The van der Waals surface area contributed by atoms with E-state index in [2.05, 4.69) is 15.3 Å². The lowest BCUT2D eigenvalue weighted by molar-refractivity contribution is 0.0991. The molecule has 0 aliphatic heterocycles. The zero-order chi connectivity index (χ0) is 28.8. The molecule has 0 atom stereocenters. The first kappa shape index (κ1) is 25.9. The SMILES string of the molecule is Cc1c(C(=O)Cc2ccc(Oc3cc4cnn(C)c4cc3-c3cn[nH]c3)c(F)c2)c(=O)n(-c2ccc(F)cc2)n1C. The number of fused-ring (bicyclic) bond motifs is 1. The van der Waals surface area contributed by atoms with Crippen LogP contribution in [0.1, 0.15) is 21.6 Å². The van der Waals surface area contributed by atoms with Crippen LogP contribution in [-0.4, -0.2) is 35.1 Å². The molecular formula is C30H24F2N6O3. The number of nitrogens with zero attached hydrogens (tertiary/aromatic N) is 5. The van der Waals surface area contributed by atoms with Crippen LogP contribution < -0.4 is 10.3 Å². The molecule has 0 spiro atoms. The molecule has 0 amide bonds. The van der Waals surface area contributed by atoms with Crippen LogP contribution in [0.25, 0.3) is 27.7 Å². The Bertz CT molecular complexity index is 1990. The number of ketones is 1. The van der Waals surface area contributed by atoms with Gasteiger partial charge in [0, 0.05) is 48.9 Å². The minimum atomic E-state index is -0.659. The van der Waals surface area contributed by atoms with Crippen molar-refractivity contribution in [2.75, 3.05) is 0 Å². The van der Waals surface area contributed by atoms with Crippen LogP contribution in [0.5, 0.6) is 11.5 Å². The standard InChI is InChI=1S/C30H24F2N6O3/c1-17-29(30(40)38(37(17)3)22-7-5-21(31)6-8-22)26(39)11-18-4-9-27(24(32)10-18)41-28-12-19-16-35-36(2)25(19)13-23(28)20-14-33-34-15-20/h4-10,12-16H,11H2,1-3H3,(H,33,34). The van der Waals surface area contributed by atoms with Gasteiger partial charge in [-0.25, -0.2) is 13.5 Å². The Kier molecular flexibility index (Phi) is 6.33. The lowest BCUT2D eigenvalue weighted by Crippen LogP contribution is -2.23. The normalized spacial score (nSPS) is 11.3. The van der Waals surface area contributed by atoms with E-state index in [0.29, 0.717) is 28.3 Å². The molecule has 1 N–H and O–H groups in total. The van der Waals surface area contributed by atoms with Crippen LogP contribution >= 0.6 is 0 Å². The Labute approximate surface area is 232 Å². The number of Topliss-reactive ketones (excluding diaryl/α,β-unsaturated/α-hetero) is 1. The van der Waals surface area contributed by atoms with Gasteiger partial charge < -0.3 is 4.74 Å². The molecule has 206 valence electrons. The van der Waals surface area contributed by atoms with Gasteiger partial charge in [0.15, 0.2) is 17.3 Å². The Morgan fingerprint density at radius 3 is 2.49 bits per heavy atom. The van der Waals surface area contributed by atoms with E-state index in [1.54, 1.807) is 49.4 Å². The molecule has 11 heteroatoms. The highest BCUT2D eigenvalue weighted by atomic mass is 19.1. The number of aryl methyl sites for hydroxylation is 1. The monoisotopic (exact) mass is 554 g/mol. The molecule has 6 aromatic rings. The highest BCUT2D eigenvalue weighted by Gasteiger charge is 2.23. The number of aromatic nitrogens is 6. The molecule has 0 unspecified atom stereocenters. The fourth-order valence-corrected chi connectivity index (χ4v) is 4.92. The van der Waals surface area contributed by atoms with Crippen molar-refractivity contribution in [3.63, 3.8) is 0 Å². The van der Waals surface area contributed by atoms with Gasteiger partial charge in [0.1, 0.15) is 17.1 Å². The number of halogens is 2. The molecule has 6 rings (SSSR count). The summed E-state index contributed by atoms with van der Waals surface area (Å²) in [4.78, 5) is 26.4. The number of hydrogen-bond donors (Lipinski definition) is 1. The van der Waals surface area contributed by atoms with Crippen molar-refractivity contribution < 1.29 is 18.3 Å². The number of H-pyrrole nitrogens is 1. The molecule has 0 radical (unpaired) electrons. The molecule has 0 fully saturated rings. The predicted molar refractivity (Wildman–Crippen MR) is 149 cm³/mol. The van der Waals surface area contributed by atoms with Gasteiger partial charge in [-0.3, -0.25) is 24.1 Å².